The topological polar surface area (TPSA) is 104 Å². The number of nitrogens with zero attached hydrogens (tertiary/aromatic N) is 1. The lowest BCUT2D eigenvalue weighted by Gasteiger charge is -2.13. The fourth-order valence-electron chi connectivity index (χ4n) is 2.68. The van der Waals surface area contributed by atoms with Crippen molar-refractivity contribution in [3.05, 3.63) is 20.8 Å². The molecule has 3 amide bonds. The average molecular weight is 425 g/mol. The molecule has 2 aromatic rings. The minimum absolute atomic E-state index is 0.0668. The van der Waals surface area contributed by atoms with Crippen LogP contribution in [0.15, 0.2) is 9.95 Å². The summed E-state index contributed by atoms with van der Waals surface area (Å²) in [5.41, 5.74) is 0.885. The molecule has 0 spiro atoms. The molecule has 0 bridgehead atoms. The van der Waals surface area contributed by atoms with Crippen LogP contribution in [0, 0.1) is 12.8 Å². The summed E-state index contributed by atoms with van der Waals surface area (Å²) in [6, 6.07) is -0.601. The fourth-order valence-corrected chi connectivity index (χ4v) is 4.59. The first-order valence-electron chi connectivity index (χ1n) is 9.42. The molecular formula is C19H28N4O3S2. The molecule has 0 aliphatic carbocycles. The molecule has 154 valence electrons. The SMILES string of the molecule is CC[C@H](C)Cc1c(C)sc2nc(S[C@@H](C)C(=O)NC(=O)NC(C)C)[nH]c(=O)c12. The molecule has 2 rings (SSSR count). The second-order valence-electron chi connectivity index (χ2n) is 7.28. The predicted molar refractivity (Wildman–Crippen MR) is 115 cm³/mol. The van der Waals surface area contributed by atoms with Gasteiger partial charge in [-0.05, 0) is 45.6 Å². The molecule has 7 nitrogen and oxygen atoms in total. The van der Waals surface area contributed by atoms with Gasteiger partial charge >= 0.3 is 6.03 Å². The van der Waals surface area contributed by atoms with Crippen LogP contribution in [0.2, 0.25) is 0 Å². The van der Waals surface area contributed by atoms with Crippen molar-refractivity contribution in [2.45, 2.75) is 70.8 Å². The van der Waals surface area contributed by atoms with Crippen molar-refractivity contribution in [3.63, 3.8) is 0 Å². The maximum atomic E-state index is 12.7. The number of imide groups is 1. The van der Waals surface area contributed by atoms with Crippen molar-refractivity contribution in [1.82, 2.24) is 20.6 Å². The first kappa shape index (κ1) is 22.4. The van der Waals surface area contributed by atoms with Gasteiger partial charge in [0.2, 0.25) is 5.91 Å². The molecule has 2 aromatic heterocycles. The molecule has 2 atom stereocenters. The van der Waals surface area contributed by atoms with E-state index in [1.54, 1.807) is 6.92 Å². The number of aromatic amines is 1. The number of aromatic nitrogens is 2. The van der Waals surface area contributed by atoms with Crippen LogP contribution in [-0.4, -0.2) is 33.2 Å². The molecule has 28 heavy (non-hydrogen) atoms. The average Bonchev–Trinajstić information content (AvgIpc) is 2.89. The molecule has 0 aliphatic rings. The lowest BCUT2D eigenvalue weighted by molar-refractivity contribution is -0.119. The number of rotatable bonds is 7. The van der Waals surface area contributed by atoms with Gasteiger partial charge in [0.05, 0.1) is 10.6 Å². The van der Waals surface area contributed by atoms with Gasteiger partial charge in [-0.15, -0.1) is 11.3 Å². The normalized spacial score (nSPS) is 13.5. The molecule has 0 unspecified atom stereocenters. The van der Waals surface area contributed by atoms with E-state index in [1.165, 1.54) is 11.3 Å². The van der Waals surface area contributed by atoms with Gasteiger partial charge in [-0.1, -0.05) is 32.0 Å². The Morgan fingerprint density at radius 3 is 2.54 bits per heavy atom. The molecule has 0 fully saturated rings. The maximum Gasteiger partial charge on any atom is 0.321 e. The Morgan fingerprint density at radius 1 is 1.25 bits per heavy atom. The summed E-state index contributed by atoms with van der Waals surface area (Å²) in [5, 5.41) is 5.35. The third-order valence-electron chi connectivity index (χ3n) is 4.40. The van der Waals surface area contributed by atoms with E-state index in [2.05, 4.69) is 34.4 Å². The Hall–Kier alpha value is -1.87. The Balaban J connectivity index is 2.19. The van der Waals surface area contributed by atoms with Crippen LogP contribution >= 0.6 is 23.1 Å². The van der Waals surface area contributed by atoms with Gasteiger partial charge in [0, 0.05) is 10.9 Å². The summed E-state index contributed by atoms with van der Waals surface area (Å²) in [7, 11) is 0. The molecule has 0 saturated heterocycles. The molecule has 0 radical (unpaired) electrons. The number of amides is 3. The number of hydrogen-bond donors (Lipinski definition) is 3. The number of fused-ring (bicyclic) bond motifs is 1. The maximum absolute atomic E-state index is 12.7. The quantitative estimate of drug-likeness (QED) is 0.465. The first-order chi connectivity index (χ1) is 13.1. The summed E-state index contributed by atoms with van der Waals surface area (Å²) < 4.78 is 0. The van der Waals surface area contributed by atoms with E-state index in [0.29, 0.717) is 21.3 Å². The largest absolute Gasteiger partial charge is 0.336 e. The molecule has 9 heteroatoms. The van der Waals surface area contributed by atoms with Gasteiger partial charge < -0.3 is 10.3 Å². The number of H-pyrrole nitrogens is 1. The van der Waals surface area contributed by atoms with Crippen LogP contribution in [0.3, 0.4) is 0 Å². The highest BCUT2D eigenvalue weighted by Crippen LogP contribution is 2.31. The number of thioether (sulfide) groups is 1. The van der Waals surface area contributed by atoms with Crippen LogP contribution in [0.5, 0.6) is 0 Å². The number of nitrogens with one attached hydrogen (secondary N) is 3. The van der Waals surface area contributed by atoms with E-state index in [9.17, 15) is 14.4 Å². The molecule has 0 aliphatic heterocycles. The number of carbonyl (C=O) groups is 2. The van der Waals surface area contributed by atoms with E-state index in [4.69, 9.17) is 0 Å². The monoisotopic (exact) mass is 424 g/mol. The summed E-state index contributed by atoms with van der Waals surface area (Å²) >= 11 is 2.63. The molecule has 0 aromatic carbocycles. The smallest absolute Gasteiger partial charge is 0.321 e. The van der Waals surface area contributed by atoms with Gasteiger partial charge in [-0.25, -0.2) is 9.78 Å². The van der Waals surface area contributed by atoms with Crippen molar-refractivity contribution in [3.8, 4) is 0 Å². The zero-order chi connectivity index (χ0) is 21.0. The van der Waals surface area contributed by atoms with E-state index in [1.807, 2.05) is 20.8 Å². The van der Waals surface area contributed by atoms with E-state index < -0.39 is 17.2 Å². The Labute approximate surface area is 173 Å². The van der Waals surface area contributed by atoms with E-state index in [0.717, 1.165) is 35.0 Å². The van der Waals surface area contributed by atoms with Gasteiger partial charge in [-0.3, -0.25) is 14.9 Å². The zero-order valence-electron chi connectivity index (χ0n) is 17.1. The number of urea groups is 1. The summed E-state index contributed by atoms with van der Waals surface area (Å²) in [5.74, 6) is 0.0522. The third kappa shape index (κ3) is 5.57. The van der Waals surface area contributed by atoms with E-state index >= 15 is 0 Å². The lowest BCUT2D eigenvalue weighted by Crippen LogP contribution is -2.45. The molecular weight excluding hydrogens is 396 g/mol. The third-order valence-corrected chi connectivity index (χ3v) is 6.43. The standard InChI is InChI=1S/C19H28N4O3S2/c1-7-10(4)8-13-11(5)27-17-14(13)16(25)22-19(23-17)28-12(6)15(24)21-18(26)20-9(2)3/h9-10,12H,7-8H2,1-6H3,(H,22,23,25)(H2,20,21,24,26)/t10-,12-/m0/s1. The van der Waals surface area contributed by atoms with Crippen LogP contribution in [0.25, 0.3) is 10.2 Å². The fraction of sp³-hybridized carbons (Fsp3) is 0.579. The van der Waals surface area contributed by atoms with Gasteiger partial charge in [-0.2, -0.15) is 0 Å². The highest BCUT2D eigenvalue weighted by Gasteiger charge is 2.21. The van der Waals surface area contributed by atoms with Crippen molar-refractivity contribution >= 4 is 45.3 Å². The molecule has 3 N–H and O–H groups in total. The van der Waals surface area contributed by atoms with Crippen molar-refractivity contribution in [2.75, 3.05) is 0 Å². The minimum atomic E-state index is -0.584. The Bertz CT molecular complexity index is 920. The predicted octanol–water partition coefficient (Wildman–Crippen LogP) is 3.60. The zero-order valence-corrected chi connectivity index (χ0v) is 18.8. The van der Waals surface area contributed by atoms with Crippen LogP contribution in [0.1, 0.15) is 51.5 Å². The number of carbonyl (C=O) groups excluding carboxylic acids is 2. The summed E-state index contributed by atoms with van der Waals surface area (Å²) in [4.78, 5) is 45.7. The number of hydrogen-bond acceptors (Lipinski definition) is 6. The lowest BCUT2D eigenvalue weighted by atomic mass is 9.98. The molecule has 2 heterocycles. The van der Waals surface area contributed by atoms with Gasteiger partial charge in [0.1, 0.15) is 4.83 Å². The summed E-state index contributed by atoms with van der Waals surface area (Å²) in [6.07, 6.45) is 1.90. The van der Waals surface area contributed by atoms with Crippen LogP contribution in [0.4, 0.5) is 4.79 Å². The molecule has 0 saturated carbocycles. The second-order valence-corrected chi connectivity index (χ2v) is 9.82. The van der Waals surface area contributed by atoms with Gasteiger partial charge in [0.15, 0.2) is 5.16 Å². The highest BCUT2D eigenvalue weighted by molar-refractivity contribution is 8.00. The van der Waals surface area contributed by atoms with Crippen molar-refractivity contribution < 1.29 is 9.59 Å². The summed E-state index contributed by atoms with van der Waals surface area (Å²) in [6.45, 7) is 11.6. The Morgan fingerprint density at radius 2 is 1.93 bits per heavy atom. The van der Waals surface area contributed by atoms with Crippen LogP contribution in [-0.2, 0) is 11.2 Å². The number of aryl methyl sites for hydroxylation is 1. The van der Waals surface area contributed by atoms with E-state index in [-0.39, 0.29) is 11.6 Å². The first-order valence-corrected chi connectivity index (χ1v) is 11.1. The van der Waals surface area contributed by atoms with Crippen LogP contribution < -0.4 is 16.2 Å². The van der Waals surface area contributed by atoms with Gasteiger partial charge in [0.25, 0.3) is 5.56 Å². The minimum Gasteiger partial charge on any atom is -0.336 e. The van der Waals surface area contributed by atoms with Crippen molar-refractivity contribution in [1.29, 1.82) is 0 Å². The Kier molecular flexibility index (Phi) is 7.65. The second kappa shape index (κ2) is 9.56. The number of thiophene rings is 1. The highest BCUT2D eigenvalue weighted by atomic mass is 32.2. The van der Waals surface area contributed by atoms with Crippen molar-refractivity contribution in [2.24, 2.45) is 5.92 Å².